The van der Waals surface area contributed by atoms with Gasteiger partial charge in [0.2, 0.25) is 5.91 Å². The van der Waals surface area contributed by atoms with Gasteiger partial charge in [-0.05, 0) is 50.4 Å². The van der Waals surface area contributed by atoms with Crippen molar-refractivity contribution in [3.05, 3.63) is 34.3 Å². The van der Waals surface area contributed by atoms with Gasteiger partial charge in [0, 0.05) is 4.47 Å². The molecule has 0 radical (unpaired) electrons. The molecule has 2 rings (SSSR count). The van der Waals surface area contributed by atoms with Crippen LogP contribution in [0, 0.1) is 0 Å². The molecule has 1 fully saturated rings. The van der Waals surface area contributed by atoms with E-state index in [4.69, 9.17) is 0 Å². The van der Waals surface area contributed by atoms with E-state index in [2.05, 4.69) is 39.6 Å². The Morgan fingerprint density at radius 3 is 2.95 bits per heavy atom. The van der Waals surface area contributed by atoms with Crippen LogP contribution in [0.4, 0.5) is 0 Å². The number of hydrogen-bond acceptors (Lipinski definition) is 2. The second kappa shape index (κ2) is 6.72. The summed E-state index contributed by atoms with van der Waals surface area (Å²) in [6.07, 6.45) is 3.95. The molecule has 0 saturated carbocycles. The Morgan fingerprint density at radius 2 is 2.35 bits per heavy atom. The molecule has 1 saturated heterocycles. The Morgan fingerprint density at radius 1 is 1.55 bits per heavy atom. The lowest BCUT2D eigenvalue weighted by Gasteiger charge is -2.29. The molecule has 2 N–H and O–H groups in total. The predicted molar refractivity (Wildman–Crippen MR) is 85.6 cm³/mol. The molecule has 1 heterocycles. The summed E-state index contributed by atoms with van der Waals surface area (Å²) in [5.41, 5.74) is 0.770. The average Bonchev–Trinajstić information content (AvgIpc) is 2.89. The summed E-state index contributed by atoms with van der Waals surface area (Å²) in [5, 5.41) is 6.59. The van der Waals surface area contributed by atoms with E-state index in [1.54, 1.807) is 0 Å². The molecule has 0 aromatic heterocycles. The topological polar surface area (TPSA) is 41.1 Å². The number of carbonyl (C=O) groups is 1. The molecule has 4 heteroatoms. The van der Waals surface area contributed by atoms with Crippen LogP contribution in [0.25, 0.3) is 0 Å². The van der Waals surface area contributed by atoms with Crippen LogP contribution in [-0.4, -0.2) is 18.0 Å². The Kier molecular flexibility index (Phi) is 5.22. The summed E-state index contributed by atoms with van der Waals surface area (Å²) in [5.74, 6) is 0.143. The van der Waals surface area contributed by atoms with E-state index in [0.717, 1.165) is 42.3 Å². The molecule has 0 aliphatic carbocycles. The first kappa shape index (κ1) is 15.5. The second-order valence-corrected chi connectivity index (χ2v) is 6.53. The molecule has 110 valence electrons. The third-order valence-electron chi connectivity index (χ3n) is 4.05. The van der Waals surface area contributed by atoms with Gasteiger partial charge in [0.15, 0.2) is 0 Å². The van der Waals surface area contributed by atoms with Crippen LogP contribution in [0.5, 0.6) is 0 Å². The molecule has 1 amide bonds. The summed E-state index contributed by atoms with van der Waals surface area (Å²) in [7, 11) is 0. The van der Waals surface area contributed by atoms with Gasteiger partial charge in [-0.2, -0.15) is 0 Å². The number of benzene rings is 1. The van der Waals surface area contributed by atoms with E-state index in [0.29, 0.717) is 0 Å². The first-order valence-corrected chi connectivity index (χ1v) is 8.18. The molecule has 1 aliphatic heterocycles. The molecular weight excluding hydrogens is 316 g/mol. The van der Waals surface area contributed by atoms with Gasteiger partial charge in [-0.3, -0.25) is 4.79 Å². The summed E-state index contributed by atoms with van der Waals surface area (Å²) in [4.78, 5) is 12.6. The molecule has 1 aromatic carbocycles. The Labute approximate surface area is 129 Å². The maximum atomic E-state index is 12.6. The highest BCUT2D eigenvalue weighted by Gasteiger charge is 2.40. The van der Waals surface area contributed by atoms with Crippen LogP contribution >= 0.6 is 15.9 Å². The van der Waals surface area contributed by atoms with Crippen molar-refractivity contribution in [3.8, 4) is 0 Å². The number of halogens is 1. The van der Waals surface area contributed by atoms with Crippen LogP contribution in [0.1, 0.15) is 51.1 Å². The monoisotopic (exact) mass is 338 g/mol. The fourth-order valence-corrected chi connectivity index (χ4v) is 3.36. The van der Waals surface area contributed by atoms with E-state index in [-0.39, 0.29) is 17.5 Å². The number of nitrogens with one attached hydrogen (secondary N) is 2. The van der Waals surface area contributed by atoms with Crippen molar-refractivity contribution in [2.75, 3.05) is 6.54 Å². The Balaban J connectivity index is 2.06. The highest BCUT2D eigenvalue weighted by atomic mass is 79.9. The Bertz CT molecular complexity index is 469. The van der Waals surface area contributed by atoms with Gasteiger partial charge in [-0.1, -0.05) is 41.4 Å². The van der Waals surface area contributed by atoms with E-state index < -0.39 is 0 Å². The van der Waals surface area contributed by atoms with E-state index in [1.807, 2.05) is 25.1 Å². The van der Waals surface area contributed by atoms with Gasteiger partial charge >= 0.3 is 0 Å². The molecule has 20 heavy (non-hydrogen) atoms. The van der Waals surface area contributed by atoms with Gasteiger partial charge in [0.1, 0.15) is 0 Å². The minimum atomic E-state index is -0.352. The number of amides is 1. The quantitative estimate of drug-likeness (QED) is 0.861. The molecule has 1 aromatic rings. The molecule has 1 aliphatic rings. The van der Waals surface area contributed by atoms with Gasteiger partial charge < -0.3 is 10.6 Å². The third kappa shape index (κ3) is 3.41. The zero-order chi connectivity index (χ0) is 14.6. The van der Waals surface area contributed by atoms with Crippen molar-refractivity contribution in [3.63, 3.8) is 0 Å². The lowest BCUT2D eigenvalue weighted by molar-refractivity contribution is -0.128. The molecule has 3 nitrogen and oxygen atoms in total. The first-order chi connectivity index (χ1) is 9.57. The summed E-state index contributed by atoms with van der Waals surface area (Å²) in [6.45, 7) is 5.11. The summed E-state index contributed by atoms with van der Waals surface area (Å²) >= 11 is 3.47. The molecular formula is C16H23BrN2O. The third-order valence-corrected chi connectivity index (χ3v) is 4.54. The van der Waals surface area contributed by atoms with Gasteiger partial charge in [0.25, 0.3) is 0 Å². The van der Waals surface area contributed by atoms with E-state index in [1.165, 1.54) is 0 Å². The molecule has 0 bridgehead atoms. The highest BCUT2D eigenvalue weighted by molar-refractivity contribution is 9.10. The van der Waals surface area contributed by atoms with Gasteiger partial charge in [-0.15, -0.1) is 0 Å². The zero-order valence-electron chi connectivity index (χ0n) is 12.2. The largest absolute Gasteiger partial charge is 0.348 e. The van der Waals surface area contributed by atoms with Crippen molar-refractivity contribution >= 4 is 21.8 Å². The lowest BCUT2D eigenvalue weighted by atomic mass is 9.90. The average molecular weight is 339 g/mol. The predicted octanol–water partition coefficient (Wildman–Crippen LogP) is 3.55. The van der Waals surface area contributed by atoms with Crippen LogP contribution < -0.4 is 10.6 Å². The van der Waals surface area contributed by atoms with Crippen LogP contribution in [-0.2, 0) is 4.79 Å². The maximum Gasteiger partial charge on any atom is 0.240 e. The number of hydrogen-bond donors (Lipinski definition) is 2. The van der Waals surface area contributed by atoms with Crippen LogP contribution in [0.15, 0.2) is 28.7 Å². The fraction of sp³-hybridized carbons (Fsp3) is 0.562. The first-order valence-electron chi connectivity index (χ1n) is 7.39. The van der Waals surface area contributed by atoms with E-state index in [9.17, 15) is 4.79 Å². The van der Waals surface area contributed by atoms with Crippen molar-refractivity contribution in [1.29, 1.82) is 0 Å². The summed E-state index contributed by atoms with van der Waals surface area (Å²) < 4.78 is 1.04. The fourth-order valence-electron chi connectivity index (χ4n) is 2.95. The summed E-state index contributed by atoms with van der Waals surface area (Å²) in [6, 6.07) is 8.12. The molecule has 2 atom stereocenters. The second-order valence-electron chi connectivity index (χ2n) is 5.61. The normalized spacial score (nSPS) is 23.6. The lowest BCUT2D eigenvalue weighted by Crippen LogP contribution is -2.53. The van der Waals surface area contributed by atoms with Crippen molar-refractivity contribution in [1.82, 2.24) is 10.6 Å². The highest BCUT2D eigenvalue weighted by Crippen LogP contribution is 2.26. The molecule has 0 spiro atoms. The Hall–Kier alpha value is -0.870. The zero-order valence-corrected chi connectivity index (χ0v) is 13.8. The maximum absolute atomic E-state index is 12.6. The van der Waals surface area contributed by atoms with Gasteiger partial charge in [-0.25, -0.2) is 0 Å². The van der Waals surface area contributed by atoms with Crippen LogP contribution in [0.3, 0.4) is 0 Å². The van der Waals surface area contributed by atoms with Crippen molar-refractivity contribution in [2.24, 2.45) is 0 Å². The van der Waals surface area contributed by atoms with Crippen molar-refractivity contribution < 1.29 is 4.79 Å². The van der Waals surface area contributed by atoms with Crippen LogP contribution in [0.2, 0.25) is 0 Å². The SMILES string of the molecule is CCCC1(C(=O)N[C@@H](C)c2cccc(Br)c2)CCCN1. The minimum Gasteiger partial charge on any atom is -0.348 e. The number of rotatable bonds is 5. The minimum absolute atomic E-state index is 0.0242. The molecule has 1 unspecified atom stereocenters. The smallest absolute Gasteiger partial charge is 0.240 e. The standard InChI is InChI=1S/C16H23BrN2O/c1-3-8-16(9-5-10-18-16)15(20)19-12(2)13-6-4-7-14(17)11-13/h4,6-7,11-12,18H,3,5,8-10H2,1-2H3,(H,19,20)/t12-,16?/m0/s1. The van der Waals surface area contributed by atoms with Crippen molar-refractivity contribution in [2.45, 2.75) is 51.1 Å². The number of carbonyl (C=O) groups excluding carboxylic acids is 1. The van der Waals surface area contributed by atoms with Gasteiger partial charge in [0.05, 0.1) is 11.6 Å². The van der Waals surface area contributed by atoms with E-state index >= 15 is 0 Å².